The van der Waals surface area contributed by atoms with Crippen molar-refractivity contribution in [3.63, 3.8) is 0 Å². The van der Waals surface area contributed by atoms with Crippen molar-refractivity contribution in [3.05, 3.63) is 0 Å². The molecule has 1 aliphatic heterocycles. The summed E-state index contributed by atoms with van der Waals surface area (Å²) in [4.78, 5) is 13.0. The van der Waals surface area contributed by atoms with E-state index in [0.29, 0.717) is 12.0 Å². The van der Waals surface area contributed by atoms with E-state index in [0.717, 1.165) is 19.0 Å². The molecule has 0 saturated carbocycles. The van der Waals surface area contributed by atoms with Gasteiger partial charge in [-0.05, 0) is 43.7 Å². The summed E-state index contributed by atoms with van der Waals surface area (Å²) >= 11 is 0. The molecule has 0 aromatic carbocycles. The predicted octanol–water partition coefficient (Wildman–Crippen LogP) is 1.62. The Morgan fingerprint density at radius 2 is 2.00 bits per heavy atom. The van der Waals surface area contributed by atoms with Gasteiger partial charge in [0, 0.05) is 0 Å². The summed E-state index contributed by atoms with van der Waals surface area (Å²) < 4.78 is 0. The molecular weight excluding hydrogens is 188 g/mol. The maximum absolute atomic E-state index is 10.8. The molecule has 15 heavy (non-hydrogen) atoms. The third kappa shape index (κ3) is 4.20. The number of hydrogen-bond acceptors (Lipinski definition) is 2. The number of carbonyl (C=O) groups excluding carboxylic acids is 1. The highest BCUT2D eigenvalue weighted by Crippen LogP contribution is 2.34. The average Bonchev–Trinajstić information content (AvgIpc) is 2.27. The van der Waals surface area contributed by atoms with Crippen LogP contribution in [0.5, 0.6) is 0 Å². The van der Waals surface area contributed by atoms with Crippen LogP contribution >= 0.6 is 0 Å². The fraction of sp³-hybridized carbons (Fsp3) is 0.917. The Balaban J connectivity index is 2.45. The zero-order valence-corrected chi connectivity index (χ0v) is 10.3. The van der Waals surface area contributed by atoms with Crippen LogP contribution in [0, 0.1) is 11.3 Å². The molecule has 3 heteroatoms. The van der Waals surface area contributed by atoms with Gasteiger partial charge in [0.15, 0.2) is 0 Å². The molecule has 0 aromatic rings. The molecule has 0 radical (unpaired) electrons. The van der Waals surface area contributed by atoms with Crippen LogP contribution in [0.1, 0.15) is 40.0 Å². The standard InChI is InChI=1S/C12H24N2O/c1-12(2,3)10-5-4-7-14(8-6-10)9-11(13)15/h10H,4-9H2,1-3H3,(H2,13,15). The largest absolute Gasteiger partial charge is 0.369 e. The first-order valence-electron chi connectivity index (χ1n) is 5.90. The first-order chi connectivity index (χ1) is 6.89. The van der Waals surface area contributed by atoms with E-state index in [1.165, 1.54) is 19.3 Å². The number of rotatable bonds is 2. The molecule has 0 aromatic heterocycles. The van der Waals surface area contributed by atoms with Crippen LogP contribution in [0.3, 0.4) is 0 Å². The van der Waals surface area contributed by atoms with Gasteiger partial charge in [0.2, 0.25) is 5.91 Å². The molecule has 2 N–H and O–H groups in total. The highest BCUT2D eigenvalue weighted by Gasteiger charge is 2.27. The van der Waals surface area contributed by atoms with Crippen molar-refractivity contribution in [1.29, 1.82) is 0 Å². The quantitative estimate of drug-likeness (QED) is 0.756. The monoisotopic (exact) mass is 212 g/mol. The summed E-state index contributed by atoms with van der Waals surface area (Å²) in [5, 5.41) is 0. The van der Waals surface area contributed by atoms with Gasteiger partial charge in [0.05, 0.1) is 6.54 Å². The Kier molecular flexibility index (Phi) is 4.14. The molecule has 1 atom stereocenters. The van der Waals surface area contributed by atoms with Gasteiger partial charge in [-0.15, -0.1) is 0 Å². The van der Waals surface area contributed by atoms with Crippen molar-refractivity contribution in [2.24, 2.45) is 17.1 Å². The molecule has 1 rings (SSSR count). The van der Waals surface area contributed by atoms with E-state index < -0.39 is 0 Å². The van der Waals surface area contributed by atoms with Gasteiger partial charge in [-0.1, -0.05) is 20.8 Å². The first kappa shape index (κ1) is 12.5. The predicted molar refractivity (Wildman–Crippen MR) is 62.4 cm³/mol. The second kappa shape index (κ2) is 4.97. The van der Waals surface area contributed by atoms with Gasteiger partial charge in [-0.2, -0.15) is 0 Å². The first-order valence-corrected chi connectivity index (χ1v) is 5.90. The lowest BCUT2D eigenvalue weighted by molar-refractivity contribution is -0.119. The van der Waals surface area contributed by atoms with Crippen LogP contribution in [0.4, 0.5) is 0 Å². The van der Waals surface area contributed by atoms with Gasteiger partial charge in [-0.3, -0.25) is 9.69 Å². The smallest absolute Gasteiger partial charge is 0.231 e. The van der Waals surface area contributed by atoms with E-state index in [4.69, 9.17) is 5.73 Å². The molecule has 1 aliphatic rings. The van der Waals surface area contributed by atoms with Crippen molar-refractivity contribution in [1.82, 2.24) is 4.90 Å². The maximum atomic E-state index is 10.8. The lowest BCUT2D eigenvalue weighted by Crippen LogP contribution is -2.34. The van der Waals surface area contributed by atoms with E-state index in [1.807, 2.05) is 0 Å². The van der Waals surface area contributed by atoms with Gasteiger partial charge >= 0.3 is 0 Å². The second-order valence-electron chi connectivity index (χ2n) is 5.74. The van der Waals surface area contributed by atoms with E-state index in [1.54, 1.807) is 0 Å². The number of nitrogens with zero attached hydrogens (tertiary/aromatic N) is 1. The molecule has 88 valence electrons. The van der Waals surface area contributed by atoms with Crippen LogP contribution in [0.25, 0.3) is 0 Å². The zero-order valence-electron chi connectivity index (χ0n) is 10.3. The van der Waals surface area contributed by atoms with Crippen molar-refractivity contribution >= 4 is 5.91 Å². The Morgan fingerprint density at radius 1 is 1.33 bits per heavy atom. The Bertz CT molecular complexity index is 220. The Labute approximate surface area is 93.0 Å². The van der Waals surface area contributed by atoms with Crippen LogP contribution in [-0.4, -0.2) is 30.4 Å². The number of nitrogens with two attached hydrogens (primary N) is 1. The van der Waals surface area contributed by atoms with E-state index in [9.17, 15) is 4.79 Å². The number of amides is 1. The summed E-state index contributed by atoms with van der Waals surface area (Å²) in [6.07, 6.45) is 3.66. The van der Waals surface area contributed by atoms with Crippen LogP contribution in [-0.2, 0) is 4.79 Å². The van der Waals surface area contributed by atoms with Crippen molar-refractivity contribution in [2.75, 3.05) is 19.6 Å². The summed E-state index contributed by atoms with van der Waals surface area (Å²) in [7, 11) is 0. The molecule has 1 fully saturated rings. The average molecular weight is 212 g/mol. The minimum atomic E-state index is -0.204. The number of carbonyl (C=O) groups is 1. The summed E-state index contributed by atoms with van der Waals surface area (Å²) in [6, 6.07) is 0. The normalized spacial score (nSPS) is 24.9. The Hall–Kier alpha value is -0.570. The third-order valence-electron chi connectivity index (χ3n) is 3.42. The molecule has 0 spiro atoms. The fourth-order valence-corrected chi connectivity index (χ4v) is 2.40. The lowest BCUT2D eigenvalue weighted by Gasteiger charge is -2.29. The summed E-state index contributed by atoms with van der Waals surface area (Å²) in [5.41, 5.74) is 5.61. The van der Waals surface area contributed by atoms with E-state index in [2.05, 4.69) is 25.7 Å². The molecule has 0 aliphatic carbocycles. The summed E-state index contributed by atoms with van der Waals surface area (Å²) in [5.74, 6) is 0.569. The van der Waals surface area contributed by atoms with Crippen LogP contribution in [0.15, 0.2) is 0 Å². The molecule has 1 amide bonds. The molecule has 1 saturated heterocycles. The van der Waals surface area contributed by atoms with Crippen LogP contribution in [0.2, 0.25) is 0 Å². The van der Waals surface area contributed by atoms with Crippen molar-refractivity contribution in [2.45, 2.75) is 40.0 Å². The second-order valence-corrected chi connectivity index (χ2v) is 5.74. The van der Waals surface area contributed by atoms with Crippen molar-refractivity contribution < 1.29 is 4.79 Å². The molecule has 3 nitrogen and oxygen atoms in total. The van der Waals surface area contributed by atoms with Gasteiger partial charge < -0.3 is 5.73 Å². The highest BCUT2D eigenvalue weighted by atomic mass is 16.1. The Morgan fingerprint density at radius 3 is 2.53 bits per heavy atom. The van der Waals surface area contributed by atoms with E-state index in [-0.39, 0.29) is 5.91 Å². The summed E-state index contributed by atoms with van der Waals surface area (Å²) in [6.45, 7) is 9.39. The van der Waals surface area contributed by atoms with Crippen LogP contribution < -0.4 is 5.73 Å². The lowest BCUT2D eigenvalue weighted by atomic mass is 9.77. The van der Waals surface area contributed by atoms with Gasteiger partial charge in [0.25, 0.3) is 0 Å². The number of likely N-dealkylation sites (tertiary alicyclic amines) is 1. The molecule has 1 heterocycles. The van der Waals surface area contributed by atoms with Gasteiger partial charge in [0.1, 0.15) is 0 Å². The molecule has 0 bridgehead atoms. The number of primary amides is 1. The minimum absolute atomic E-state index is 0.204. The highest BCUT2D eigenvalue weighted by molar-refractivity contribution is 5.75. The topological polar surface area (TPSA) is 46.3 Å². The van der Waals surface area contributed by atoms with Gasteiger partial charge in [-0.25, -0.2) is 0 Å². The maximum Gasteiger partial charge on any atom is 0.231 e. The number of hydrogen-bond donors (Lipinski definition) is 1. The molecule has 1 unspecified atom stereocenters. The SMILES string of the molecule is CC(C)(C)C1CCCN(CC(N)=O)CC1. The van der Waals surface area contributed by atoms with E-state index >= 15 is 0 Å². The molecular formula is C12H24N2O. The zero-order chi connectivity index (χ0) is 11.5. The van der Waals surface area contributed by atoms with Crippen molar-refractivity contribution in [3.8, 4) is 0 Å². The third-order valence-corrected chi connectivity index (χ3v) is 3.42. The minimum Gasteiger partial charge on any atom is -0.369 e. The fourth-order valence-electron chi connectivity index (χ4n) is 2.40.